The Bertz CT molecular complexity index is 400. The lowest BCUT2D eigenvalue weighted by atomic mass is 9.85. The first-order chi connectivity index (χ1) is 7.40. The van der Waals surface area contributed by atoms with Crippen LogP contribution in [0, 0.1) is 6.92 Å². The lowest BCUT2D eigenvalue weighted by molar-refractivity contribution is 0.590. The topological polar surface area (TPSA) is 12.4 Å². The van der Waals surface area contributed by atoms with Crippen LogP contribution in [0.2, 0.25) is 0 Å². The third kappa shape index (κ3) is 2.88. The number of benzene rings is 1. The van der Waals surface area contributed by atoms with Gasteiger partial charge in [-0.1, -0.05) is 32.9 Å². The van der Waals surface area contributed by atoms with Crippen molar-refractivity contribution in [2.45, 2.75) is 33.1 Å². The van der Waals surface area contributed by atoms with Gasteiger partial charge in [0.15, 0.2) is 0 Å². The maximum absolute atomic E-state index is 4.34. The molecule has 0 saturated carbocycles. The van der Waals surface area contributed by atoms with Crippen molar-refractivity contribution in [2.75, 3.05) is 13.3 Å². The summed E-state index contributed by atoms with van der Waals surface area (Å²) in [6.45, 7) is 8.86. The molecule has 0 aliphatic carbocycles. The van der Waals surface area contributed by atoms with Crippen molar-refractivity contribution in [1.29, 1.82) is 0 Å². The zero-order valence-corrected chi connectivity index (χ0v) is 11.9. The predicted octanol–water partition coefficient (Wildman–Crippen LogP) is 4.03. The van der Waals surface area contributed by atoms with Crippen molar-refractivity contribution in [3.8, 4) is 0 Å². The maximum atomic E-state index is 4.34. The number of hydrogen-bond donors (Lipinski definition) is 0. The smallest absolute Gasteiger partial charge is 0.0973 e. The van der Waals surface area contributed by atoms with E-state index in [1.165, 1.54) is 16.7 Å². The third-order valence-electron chi connectivity index (χ3n) is 2.73. The van der Waals surface area contributed by atoms with E-state index in [0.717, 1.165) is 5.04 Å². The highest BCUT2D eigenvalue weighted by atomic mass is 32.2. The van der Waals surface area contributed by atoms with Crippen LogP contribution >= 0.6 is 11.8 Å². The second-order valence-electron chi connectivity index (χ2n) is 5.01. The van der Waals surface area contributed by atoms with Gasteiger partial charge in [0.25, 0.3) is 0 Å². The largest absolute Gasteiger partial charge is 0.281 e. The molecule has 0 unspecified atom stereocenters. The standard InChI is InChI=1S/C14H21NS/c1-10-7-8-11(14(2,3)4)9-12(10)13(15-5)16-6/h7-9H,1-6H3. The van der Waals surface area contributed by atoms with Crippen molar-refractivity contribution in [3.05, 3.63) is 34.9 Å². The first kappa shape index (κ1) is 13.3. The Hall–Kier alpha value is -0.760. The van der Waals surface area contributed by atoms with Gasteiger partial charge in [-0.05, 0) is 35.8 Å². The summed E-state index contributed by atoms with van der Waals surface area (Å²) in [6.07, 6.45) is 2.07. The number of nitrogens with zero attached hydrogens (tertiary/aromatic N) is 1. The minimum absolute atomic E-state index is 0.194. The highest BCUT2D eigenvalue weighted by molar-refractivity contribution is 8.13. The Balaban J connectivity index is 3.29. The molecule has 0 fully saturated rings. The Morgan fingerprint density at radius 2 is 1.88 bits per heavy atom. The van der Waals surface area contributed by atoms with Crippen LogP contribution in [0.5, 0.6) is 0 Å². The van der Waals surface area contributed by atoms with Gasteiger partial charge in [0, 0.05) is 12.6 Å². The van der Waals surface area contributed by atoms with E-state index in [0.29, 0.717) is 0 Å². The number of aliphatic imine (C=N–C) groups is 1. The fraction of sp³-hybridized carbons (Fsp3) is 0.500. The molecule has 0 heterocycles. The molecular weight excluding hydrogens is 214 g/mol. The second kappa shape index (κ2) is 5.05. The summed E-state index contributed by atoms with van der Waals surface area (Å²) < 4.78 is 0. The average Bonchev–Trinajstić information content (AvgIpc) is 2.20. The molecule has 0 aliphatic rings. The van der Waals surface area contributed by atoms with E-state index in [-0.39, 0.29) is 5.41 Å². The first-order valence-electron chi connectivity index (χ1n) is 5.52. The fourth-order valence-electron chi connectivity index (χ4n) is 1.64. The number of aryl methyl sites for hydroxylation is 1. The predicted molar refractivity (Wildman–Crippen MR) is 75.9 cm³/mol. The van der Waals surface area contributed by atoms with Crippen LogP contribution in [0.15, 0.2) is 23.2 Å². The summed E-state index contributed by atoms with van der Waals surface area (Å²) in [5, 5.41) is 1.11. The van der Waals surface area contributed by atoms with Crippen LogP contribution < -0.4 is 0 Å². The van der Waals surface area contributed by atoms with Gasteiger partial charge in [0.05, 0.1) is 5.04 Å². The monoisotopic (exact) mass is 235 g/mol. The van der Waals surface area contributed by atoms with E-state index in [4.69, 9.17) is 0 Å². The summed E-state index contributed by atoms with van der Waals surface area (Å²) in [4.78, 5) is 4.34. The second-order valence-corrected chi connectivity index (χ2v) is 5.81. The Kier molecular flexibility index (Phi) is 4.20. The highest BCUT2D eigenvalue weighted by Gasteiger charge is 2.16. The molecule has 2 heteroatoms. The third-order valence-corrected chi connectivity index (χ3v) is 3.52. The lowest BCUT2D eigenvalue weighted by Gasteiger charge is -2.21. The van der Waals surface area contributed by atoms with Crippen LogP contribution in [-0.2, 0) is 5.41 Å². The summed E-state index contributed by atoms with van der Waals surface area (Å²) in [6, 6.07) is 6.68. The average molecular weight is 235 g/mol. The lowest BCUT2D eigenvalue weighted by Crippen LogP contribution is -2.12. The van der Waals surface area contributed by atoms with Crippen molar-refractivity contribution in [2.24, 2.45) is 4.99 Å². The van der Waals surface area contributed by atoms with E-state index in [2.05, 4.69) is 57.1 Å². The molecule has 1 nitrogen and oxygen atoms in total. The van der Waals surface area contributed by atoms with Crippen LogP contribution in [0.3, 0.4) is 0 Å². The van der Waals surface area contributed by atoms with E-state index in [1.54, 1.807) is 11.8 Å². The van der Waals surface area contributed by atoms with Crippen molar-refractivity contribution in [3.63, 3.8) is 0 Å². The molecule has 0 amide bonds. The van der Waals surface area contributed by atoms with Crippen LogP contribution in [0.25, 0.3) is 0 Å². The van der Waals surface area contributed by atoms with Gasteiger partial charge in [-0.2, -0.15) is 0 Å². The van der Waals surface area contributed by atoms with Crippen LogP contribution in [-0.4, -0.2) is 18.3 Å². The quantitative estimate of drug-likeness (QED) is 0.529. The van der Waals surface area contributed by atoms with Crippen LogP contribution in [0.1, 0.15) is 37.5 Å². The summed E-state index contributed by atoms with van der Waals surface area (Å²) in [5.74, 6) is 0. The highest BCUT2D eigenvalue weighted by Crippen LogP contribution is 2.26. The summed E-state index contributed by atoms with van der Waals surface area (Å²) >= 11 is 1.71. The molecule has 0 saturated heterocycles. The van der Waals surface area contributed by atoms with Gasteiger partial charge < -0.3 is 0 Å². The van der Waals surface area contributed by atoms with Crippen LogP contribution in [0.4, 0.5) is 0 Å². The molecular formula is C14H21NS. The Morgan fingerprint density at radius 3 is 2.31 bits per heavy atom. The Labute approximate surface area is 103 Å². The van der Waals surface area contributed by atoms with Crippen molar-refractivity contribution < 1.29 is 0 Å². The normalized spacial score (nSPS) is 13.0. The minimum atomic E-state index is 0.194. The fourth-order valence-corrected chi connectivity index (χ4v) is 2.26. The molecule has 1 rings (SSSR count). The van der Waals surface area contributed by atoms with E-state index in [1.807, 2.05) is 7.05 Å². The molecule has 1 aromatic carbocycles. The van der Waals surface area contributed by atoms with Gasteiger partial charge in [0.2, 0.25) is 0 Å². The van der Waals surface area contributed by atoms with Gasteiger partial charge in [-0.3, -0.25) is 4.99 Å². The molecule has 0 aliphatic heterocycles. The SMILES string of the molecule is CN=C(SC)c1cc(C(C)(C)C)ccc1C. The zero-order chi connectivity index (χ0) is 12.3. The van der Waals surface area contributed by atoms with E-state index in [9.17, 15) is 0 Å². The Morgan fingerprint density at radius 1 is 1.25 bits per heavy atom. The number of rotatable bonds is 1. The maximum Gasteiger partial charge on any atom is 0.0973 e. The molecule has 88 valence electrons. The van der Waals surface area contributed by atoms with Crippen molar-refractivity contribution >= 4 is 16.8 Å². The summed E-state index contributed by atoms with van der Waals surface area (Å²) in [5.41, 5.74) is 4.12. The molecule has 0 aromatic heterocycles. The number of thioether (sulfide) groups is 1. The zero-order valence-electron chi connectivity index (χ0n) is 11.1. The number of hydrogen-bond acceptors (Lipinski definition) is 2. The van der Waals surface area contributed by atoms with E-state index >= 15 is 0 Å². The van der Waals surface area contributed by atoms with E-state index < -0.39 is 0 Å². The molecule has 16 heavy (non-hydrogen) atoms. The molecule has 0 N–H and O–H groups in total. The van der Waals surface area contributed by atoms with Gasteiger partial charge >= 0.3 is 0 Å². The molecule has 0 atom stereocenters. The van der Waals surface area contributed by atoms with Crippen molar-refractivity contribution in [1.82, 2.24) is 0 Å². The van der Waals surface area contributed by atoms with Gasteiger partial charge in [0.1, 0.15) is 0 Å². The minimum Gasteiger partial charge on any atom is -0.281 e. The molecule has 0 spiro atoms. The summed E-state index contributed by atoms with van der Waals surface area (Å²) in [7, 11) is 1.86. The first-order valence-corrected chi connectivity index (χ1v) is 6.75. The molecule has 0 bridgehead atoms. The van der Waals surface area contributed by atoms with Gasteiger partial charge in [-0.25, -0.2) is 0 Å². The molecule has 0 radical (unpaired) electrons. The molecule has 1 aromatic rings. The van der Waals surface area contributed by atoms with Gasteiger partial charge in [-0.15, -0.1) is 11.8 Å².